The molecule has 1 fully saturated rings. The van der Waals surface area contributed by atoms with Crippen molar-refractivity contribution < 1.29 is 0 Å². The van der Waals surface area contributed by atoms with Crippen molar-refractivity contribution in [2.75, 3.05) is 43.4 Å². The Balaban J connectivity index is 1.38. The van der Waals surface area contributed by atoms with Crippen molar-refractivity contribution in [3.05, 3.63) is 94.6 Å². The maximum atomic E-state index is 13.5. The largest absolute Gasteiger partial charge is 0.369 e. The summed E-state index contributed by atoms with van der Waals surface area (Å²) < 4.78 is 1.29. The van der Waals surface area contributed by atoms with Crippen molar-refractivity contribution in [2.45, 2.75) is 0 Å². The second-order valence-corrected chi connectivity index (χ2v) is 9.58. The molecule has 0 bridgehead atoms. The maximum absolute atomic E-state index is 13.5. The molecule has 0 aliphatic carbocycles. The molecule has 0 amide bonds. The Labute approximate surface area is 224 Å². The number of halogens is 1. The van der Waals surface area contributed by atoms with Crippen molar-refractivity contribution >= 4 is 39.8 Å². The van der Waals surface area contributed by atoms with Gasteiger partial charge in [-0.2, -0.15) is 9.78 Å². The summed E-state index contributed by atoms with van der Waals surface area (Å²) in [5.41, 5.74) is 3.81. The summed E-state index contributed by atoms with van der Waals surface area (Å²) in [7, 11) is 2.15. The van der Waals surface area contributed by atoms with Crippen molar-refractivity contribution in [1.29, 1.82) is 0 Å². The molecule has 10 heteroatoms. The van der Waals surface area contributed by atoms with Crippen LogP contribution in [0.4, 0.5) is 17.3 Å². The molecule has 1 aliphatic rings. The third-order valence-electron chi connectivity index (χ3n) is 6.64. The molecule has 0 radical (unpaired) electrons. The van der Waals surface area contributed by atoms with E-state index in [2.05, 4.69) is 49.4 Å². The van der Waals surface area contributed by atoms with E-state index in [1.54, 1.807) is 30.6 Å². The Morgan fingerprint density at radius 2 is 1.71 bits per heavy atom. The van der Waals surface area contributed by atoms with Crippen molar-refractivity contribution in [2.24, 2.45) is 0 Å². The lowest BCUT2D eigenvalue weighted by Crippen LogP contribution is -2.44. The second kappa shape index (κ2) is 10.2. The first kappa shape index (κ1) is 24.0. The molecule has 190 valence electrons. The van der Waals surface area contributed by atoms with Crippen LogP contribution in [0.2, 0.25) is 5.02 Å². The molecular weight excluding hydrogens is 500 g/mol. The zero-order chi connectivity index (χ0) is 26.1. The molecule has 0 saturated carbocycles. The molecule has 3 aromatic heterocycles. The first-order chi connectivity index (χ1) is 18.6. The fourth-order valence-electron chi connectivity index (χ4n) is 4.52. The van der Waals surface area contributed by atoms with Crippen LogP contribution in [-0.2, 0) is 0 Å². The minimum Gasteiger partial charge on any atom is -0.369 e. The van der Waals surface area contributed by atoms with Gasteiger partial charge in [-0.25, -0.2) is 9.97 Å². The first-order valence-corrected chi connectivity index (χ1v) is 12.7. The summed E-state index contributed by atoms with van der Waals surface area (Å²) in [6.07, 6.45) is 4.90. The first-order valence-electron chi connectivity index (χ1n) is 12.3. The Kier molecular flexibility index (Phi) is 6.45. The minimum absolute atomic E-state index is 0.328. The summed E-state index contributed by atoms with van der Waals surface area (Å²) in [4.78, 5) is 31.6. The van der Waals surface area contributed by atoms with Crippen LogP contribution in [0, 0.1) is 0 Å². The number of hydrogen-bond acceptors (Lipinski definition) is 8. The predicted octanol–water partition coefficient (Wildman–Crippen LogP) is 4.39. The molecule has 1 saturated heterocycles. The molecule has 4 heterocycles. The predicted molar refractivity (Wildman–Crippen MR) is 151 cm³/mol. The van der Waals surface area contributed by atoms with E-state index in [1.807, 2.05) is 30.3 Å². The highest BCUT2D eigenvalue weighted by atomic mass is 35.5. The average molecular weight is 525 g/mol. The van der Waals surface area contributed by atoms with E-state index in [-0.39, 0.29) is 5.56 Å². The van der Waals surface area contributed by atoms with Gasteiger partial charge in [-0.1, -0.05) is 23.7 Å². The van der Waals surface area contributed by atoms with E-state index in [1.165, 1.54) is 16.6 Å². The number of fused-ring (bicyclic) bond motifs is 1. The number of nitrogens with zero attached hydrogens (tertiary/aromatic N) is 7. The van der Waals surface area contributed by atoms with Gasteiger partial charge in [0.05, 0.1) is 16.1 Å². The molecule has 6 rings (SSSR count). The Hall–Kier alpha value is -4.34. The molecule has 1 aliphatic heterocycles. The smallest absolute Gasteiger partial charge is 0.282 e. The Morgan fingerprint density at radius 1 is 0.921 bits per heavy atom. The minimum atomic E-state index is -0.358. The number of pyridine rings is 1. The number of anilines is 3. The molecule has 0 unspecified atom stereocenters. The summed E-state index contributed by atoms with van der Waals surface area (Å²) in [6.45, 7) is 4.12. The van der Waals surface area contributed by atoms with Gasteiger partial charge in [0.15, 0.2) is 0 Å². The summed E-state index contributed by atoms with van der Waals surface area (Å²) in [6, 6.07) is 19.0. The molecule has 5 aromatic rings. The normalized spacial score (nSPS) is 14.1. The fourth-order valence-corrected chi connectivity index (χ4v) is 4.74. The fraction of sp³-hybridized carbons (Fsp3) is 0.179. The van der Waals surface area contributed by atoms with E-state index in [0.29, 0.717) is 33.3 Å². The van der Waals surface area contributed by atoms with Gasteiger partial charge in [-0.15, -0.1) is 0 Å². The molecule has 0 spiro atoms. The standard InChI is InChI=1S/C28H25ClN8O/c1-35-13-15-36(16-14-35)21-10-8-20(9-11-21)32-28-31-18-22-26(33-28)25(19-5-4-12-30-17-19)34-37(27(22)38)24-7-3-2-6-23(24)29/h2-12,17-18H,13-16H2,1H3,(H,31,32,33). The number of hydrogen-bond donors (Lipinski definition) is 1. The molecule has 38 heavy (non-hydrogen) atoms. The van der Waals surface area contributed by atoms with Crippen molar-refractivity contribution in [3.8, 4) is 16.9 Å². The Bertz CT molecular complexity index is 1650. The van der Waals surface area contributed by atoms with Gasteiger partial charge in [0.25, 0.3) is 5.56 Å². The average Bonchev–Trinajstić information content (AvgIpc) is 2.95. The number of nitrogens with one attached hydrogen (secondary N) is 1. The van der Waals surface area contributed by atoms with Crippen LogP contribution in [0.5, 0.6) is 0 Å². The van der Waals surface area contributed by atoms with E-state index in [4.69, 9.17) is 16.6 Å². The molecule has 1 N–H and O–H groups in total. The van der Waals surface area contributed by atoms with Gasteiger partial charge in [0.1, 0.15) is 11.2 Å². The van der Waals surface area contributed by atoms with Gasteiger partial charge in [0, 0.05) is 61.7 Å². The second-order valence-electron chi connectivity index (χ2n) is 9.18. The number of aromatic nitrogens is 5. The lowest BCUT2D eigenvalue weighted by Gasteiger charge is -2.34. The highest BCUT2D eigenvalue weighted by Crippen LogP contribution is 2.27. The highest BCUT2D eigenvalue weighted by Gasteiger charge is 2.18. The monoisotopic (exact) mass is 524 g/mol. The van der Waals surface area contributed by atoms with Gasteiger partial charge in [-0.05, 0) is 55.6 Å². The number of para-hydroxylation sites is 1. The number of benzene rings is 2. The van der Waals surface area contributed by atoms with Gasteiger partial charge in [0.2, 0.25) is 5.95 Å². The SMILES string of the molecule is CN1CCN(c2ccc(Nc3ncc4c(=O)n(-c5ccccc5Cl)nc(-c5cccnc5)c4n3)cc2)CC1. The lowest BCUT2D eigenvalue weighted by atomic mass is 10.1. The molecule has 0 atom stereocenters. The zero-order valence-electron chi connectivity index (χ0n) is 20.8. The molecule has 2 aromatic carbocycles. The molecule has 9 nitrogen and oxygen atoms in total. The highest BCUT2D eigenvalue weighted by molar-refractivity contribution is 6.32. The number of likely N-dealkylation sites (N-methyl/N-ethyl adjacent to an activating group) is 1. The van der Waals surface area contributed by atoms with Crippen LogP contribution < -0.4 is 15.8 Å². The van der Waals surface area contributed by atoms with Gasteiger partial charge in [-0.3, -0.25) is 9.78 Å². The van der Waals surface area contributed by atoms with Crippen molar-refractivity contribution in [1.82, 2.24) is 29.6 Å². The van der Waals surface area contributed by atoms with Crippen molar-refractivity contribution in [3.63, 3.8) is 0 Å². The Morgan fingerprint density at radius 3 is 2.45 bits per heavy atom. The van der Waals surface area contributed by atoms with E-state index in [0.717, 1.165) is 37.4 Å². The van der Waals surface area contributed by atoms with E-state index >= 15 is 0 Å². The number of piperazine rings is 1. The lowest BCUT2D eigenvalue weighted by molar-refractivity contribution is 0.313. The third-order valence-corrected chi connectivity index (χ3v) is 6.96. The molecular formula is C28H25ClN8O. The third kappa shape index (κ3) is 4.69. The van der Waals surface area contributed by atoms with E-state index in [9.17, 15) is 4.79 Å². The van der Waals surface area contributed by atoms with Crippen LogP contribution in [-0.4, -0.2) is 62.9 Å². The quantitative estimate of drug-likeness (QED) is 0.362. The van der Waals surface area contributed by atoms with Crippen LogP contribution in [0.15, 0.2) is 84.0 Å². The summed E-state index contributed by atoms with van der Waals surface area (Å²) in [5.74, 6) is 0.367. The summed E-state index contributed by atoms with van der Waals surface area (Å²) >= 11 is 6.40. The van der Waals surface area contributed by atoms with Gasteiger partial charge >= 0.3 is 0 Å². The van der Waals surface area contributed by atoms with E-state index < -0.39 is 0 Å². The van der Waals surface area contributed by atoms with Crippen LogP contribution in [0.3, 0.4) is 0 Å². The topological polar surface area (TPSA) is 92.1 Å². The zero-order valence-corrected chi connectivity index (χ0v) is 21.5. The maximum Gasteiger partial charge on any atom is 0.282 e. The summed E-state index contributed by atoms with van der Waals surface area (Å²) in [5, 5.41) is 8.68. The van der Waals surface area contributed by atoms with Crippen LogP contribution in [0.25, 0.3) is 27.8 Å². The number of rotatable bonds is 5. The van der Waals surface area contributed by atoms with Gasteiger partial charge < -0.3 is 15.1 Å². The van der Waals surface area contributed by atoms with Crippen LogP contribution in [0.1, 0.15) is 0 Å². The van der Waals surface area contributed by atoms with Crippen LogP contribution >= 0.6 is 11.6 Å².